The van der Waals surface area contributed by atoms with Crippen molar-refractivity contribution < 1.29 is 4.39 Å². The van der Waals surface area contributed by atoms with E-state index in [0.29, 0.717) is 11.4 Å². The number of halogens is 1. The molecule has 4 nitrogen and oxygen atoms in total. The van der Waals surface area contributed by atoms with E-state index in [0.717, 1.165) is 17.7 Å². The maximum atomic E-state index is 13.0. The molecule has 0 bridgehead atoms. The van der Waals surface area contributed by atoms with E-state index < -0.39 is 0 Å². The number of nitrogens with one attached hydrogen (secondary N) is 3. The first-order chi connectivity index (χ1) is 10.0. The number of rotatable bonds is 4. The zero-order chi connectivity index (χ0) is 15.4. The second kappa shape index (κ2) is 6.49. The highest BCUT2D eigenvalue weighted by Crippen LogP contribution is 2.18. The molecule has 0 radical (unpaired) electrons. The van der Waals surface area contributed by atoms with Crippen molar-refractivity contribution in [3.05, 3.63) is 62.5 Å². The van der Waals surface area contributed by atoms with Gasteiger partial charge in [-0.25, -0.2) is 4.39 Å². The minimum absolute atomic E-state index is 0.283. The number of aromatic nitrogens is 2. The molecule has 0 atom stereocenters. The number of H-pyrrole nitrogens is 2. The molecule has 1 aromatic heterocycles. The number of anilines is 1. The van der Waals surface area contributed by atoms with Crippen LogP contribution in [0.3, 0.4) is 0 Å². The van der Waals surface area contributed by atoms with E-state index in [-0.39, 0.29) is 16.1 Å². The summed E-state index contributed by atoms with van der Waals surface area (Å²) >= 11 is 4.92. The summed E-state index contributed by atoms with van der Waals surface area (Å²) in [6.45, 7) is 3.75. The molecule has 1 heterocycles. The van der Waals surface area contributed by atoms with Crippen molar-refractivity contribution >= 4 is 23.6 Å². The standard InChI is InChI=1S/C15H16FN3OS/c1-3-4-12(10-5-7-11(16)8-6-10)18-13-9(2)17-15(21)19-14(13)20/h4-8,18H,3H2,1-2H3,(H2,17,19,20,21)/b12-4+. The third-order valence-corrected chi connectivity index (χ3v) is 3.16. The molecule has 0 unspecified atom stereocenters. The number of allylic oxidation sites excluding steroid dienone is 1. The van der Waals surface area contributed by atoms with Crippen molar-refractivity contribution in [1.82, 2.24) is 9.97 Å². The van der Waals surface area contributed by atoms with E-state index >= 15 is 0 Å². The van der Waals surface area contributed by atoms with E-state index in [2.05, 4.69) is 15.3 Å². The van der Waals surface area contributed by atoms with Gasteiger partial charge in [0.1, 0.15) is 11.5 Å². The molecule has 21 heavy (non-hydrogen) atoms. The molecule has 6 heteroatoms. The highest BCUT2D eigenvalue weighted by atomic mass is 32.1. The number of benzene rings is 1. The quantitative estimate of drug-likeness (QED) is 0.754. The summed E-state index contributed by atoms with van der Waals surface area (Å²) < 4.78 is 13.3. The van der Waals surface area contributed by atoms with Crippen molar-refractivity contribution in [2.24, 2.45) is 0 Å². The van der Waals surface area contributed by atoms with Gasteiger partial charge in [0, 0.05) is 11.4 Å². The molecule has 2 aromatic rings. The van der Waals surface area contributed by atoms with Gasteiger partial charge in [0.05, 0.1) is 0 Å². The van der Waals surface area contributed by atoms with Crippen LogP contribution in [0, 0.1) is 17.5 Å². The highest BCUT2D eigenvalue weighted by molar-refractivity contribution is 7.71. The van der Waals surface area contributed by atoms with Gasteiger partial charge in [-0.2, -0.15) is 0 Å². The molecule has 0 aliphatic rings. The molecule has 0 aliphatic heterocycles. The molecular formula is C15H16FN3OS. The Bertz CT molecular complexity index is 775. The summed E-state index contributed by atoms with van der Waals surface area (Å²) in [6.07, 6.45) is 2.72. The van der Waals surface area contributed by atoms with Crippen molar-refractivity contribution in [3.63, 3.8) is 0 Å². The van der Waals surface area contributed by atoms with Crippen LogP contribution < -0.4 is 10.9 Å². The number of hydrogen-bond donors (Lipinski definition) is 3. The first kappa shape index (κ1) is 15.2. The molecule has 3 N–H and O–H groups in total. The molecule has 0 fully saturated rings. The lowest BCUT2D eigenvalue weighted by Crippen LogP contribution is -2.16. The molecule has 0 amide bonds. The van der Waals surface area contributed by atoms with E-state index in [1.54, 1.807) is 19.1 Å². The molecule has 2 rings (SSSR count). The zero-order valence-corrected chi connectivity index (χ0v) is 12.6. The van der Waals surface area contributed by atoms with Gasteiger partial charge in [0.25, 0.3) is 5.56 Å². The van der Waals surface area contributed by atoms with Crippen LogP contribution in [0.2, 0.25) is 0 Å². The molecule has 110 valence electrons. The molecule has 0 saturated carbocycles. The van der Waals surface area contributed by atoms with Crippen LogP contribution in [0.15, 0.2) is 35.1 Å². The monoisotopic (exact) mass is 305 g/mol. The molecule has 0 spiro atoms. The van der Waals surface area contributed by atoms with Gasteiger partial charge in [-0.1, -0.05) is 25.1 Å². The summed E-state index contributed by atoms with van der Waals surface area (Å²) in [6, 6.07) is 6.10. The lowest BCUT2D eigenvalue weighted by molar-refractivity contribution is 0.627. The smallest absolute Gasteiger partial charge is 0.275 e. The highest BCUT2D eigenvalue weighted by Gasteiger charge is 2.08. The minimum atomic E-state index is -0.299. The van der Waals surface area contributed by atoms with E-state index in [9.17, 15) is 9.18 Å². The fourth-order valence-corrected chi connectivity index (χ4v) is 2.21. The Morgan fingerprint density at radius 3 is 2.57 bits per heavy atom. The van der Waals surface area contributed by atoms with Gasteiger partial charge in [-0.15, -0.1) is 0 Å². The van der Waals surface area contributed by atoms with Crippen LogP contribution in [-0.2, 0) is 0 Å². The van der Waals surface area contributed by atoms with E-state index in [1.165, 1.54) is 12.1 Å². The largest absolute Gasteiger partial charge is 0.349 e. The van der Waals surface area contributed by atoms with Crippen LogP contribution >= 0.6 is 12.2 Å². The zero-order valence-electron chi connectivity index (χ0n) is 11.8. The Kier molecular flexibility index (Phi) is 4.70. The molecule has 0 aliphatic carbocycles. The summed E-state index contributed by atoms with van der Waals surface area (Å²) in [5.41, 5.74) is 2.30. The van der Waals surface area contributed by atoms with Gasteiger partial charge < -0.3 is 10.3 Å². The number of aromatic amines is 2. The van der Waals surface area contributed by atoms with Crippen molar-refractivity contribution in [1.29, 1.82) is 0 Å². The summed E-state index contributed by atoms with van der Waals surface area (Å²) in [5, 5.41) is 3.10. The second-order valence-corrected chi connectivity index (χ2v) is 4.97. The summed E-state index contributed by atoms with van der Waals surface area (Å²) in [4.78, 5) is 17.4. The van der Waals surface area contributed by atoms with E-state index in [1.807, 2.05) is 13.0 Å². The fraction of sp³-hybridized carbons (Fsp3) is 0.200. The van der Waals surface area contributed by atoms with Crippen molar-refractivity contribution in [2.75, 3.05) is 5.32 Å². The Labute approximate surface area is 126 Å². The minimum Gasteiger partial charge on any atom is -0.349 e. The summed E-state index contributed by atoms with van der Waals surface area (Å²) in [7, 11) is 0. The van der Waals surface area contributed by atoms with Gasteiger partial charge in [0.15, 0.2) is 4.77 Å². The predicted octanol–water partition coefficient (Wildman–Crippen LogP) is 3.74. The summed E-state index contributed by atoms with van der Waals surface area (Å²) in [5.74, 6) is -0.299. The molecular weight excluding hydrogens is 289 g/mol. The average molecular weight is 305 g/mol. The molecule has 0 saturated heterocycles. The van der Waals surface area contributed by atoms with Crippen LogP contribution in [0.1, 0.15) is 24.6 Å². The first-order valence-corrected chi connectivity index (χ1v) is 6.98. The van der Waals surface area contributed by atoms with Gasteiger partial charge in [0.2, 0.25) is 0 Å². The average Bonchev–Trinajstić information content (AvgIpc) is 2.42. The predicted molar refractivity (Wildman–Crippen MR) is 85.3 cm³/mol. The third kappa shape index (κ3) is 3.66. The lowest BCUT2D eigenvalue weighted by Gasteiger charge is -2.12. The third-order valence-electron chi connectivity index (χ3n) is 2.95. The van der Waals surface area contributed by atoms with Crippen molar-refractivity contribution in [2.45, 2.75) is 20.3 Å². The Morgan fingerprint density at radius 2 is 2.00 bits per heavy atom. The van der Waals surface area contributed by atoms with E-state index in [4.69, 9.17) is 12.2 Å². The SMILES string of the molecule is CC/C=C(/Nc1c(C)[nH]c(=S)[nH]c1=O)c1ccc(F)cc1. The first-order valence-electron chi connectivity index (χ1n) is 6.57. The maximum absolute atomic E-state index is 13.0. The Hall–Kier alpha value is -2.21. The maximum Gasteiger partial charge on any atom is 0.275 e. The van der Waals surface area contributed by atoms with Crippen molar-refractivity contribution in [3.8, 4) is 0 Å². The number of hydrogen-bond acceptors (Lipinski definition) is 3. The number of aryl methyl sites for hydroxylation is 1. The van der Waals surface area contributed by atoms with Gasteiger partial charge in [-0.05, 0) is 43.3 Å². The van der Waals surface area contributed by atoms with Crippen LogP contribution in [0.4, 0.5) is 10.1 Å². The molecule has 1 aromatic carbocycles. The normalized spacial score (nSPS) is 11.5. The Morgan fingerprint density at radius 1 is 1.33 bits per heavy atom. The van der Waals surface area contributed by atoms with Crippen LogP contribution in [0.25, 0.3) is 5.70 Å². The second-order valence-electron chi connectivity index (χ2n) is 4.57. The van der Waals surface area contributed by atoms with Gasteiger partial charge >= 0.3 is 0 Å². The van der Waals surface area contributed by atoms with Crippen LogP contribution in [-0.4, -0.2) is 9.97 Å². The Balaban J connectivity index is 2.43. The van der Waals surface area contributed by atoms with Gasteiger partial charge in [-0.3, -0.25) is 9.78 Å². The van der Waals surface area contributed by atoms with Crippen LogP contribution in [0.5, 0.6) is 0 Å². The topological polar surface area (TPSA) is 60.7 Å². The lowest BCUT2D eigenvalue weighted by atomic mass is 10.1. The fourth-order valence-electron chi connectivity index (χ4n) is 1.96.